The van der Waals surface area contributed by atoms with Crippen molar-refractivity contribution in [2.75, 3.05) is 6.61 Å². The zero-order chi connectivity index (χ0) is 15.3. The molecule has 9 heteroatoms. The van der Waals surface area contributed by atoms with Crippen LogP contribution in [-0.4, -0.2) is 30.3 Å². The van der Waals surface area contributed by atoms with Gasteiger partial charge in [-0.1, -0.05) is 0 Å². The SMILES string of the molecule is CCOC(=O)c1ccc(OC(F)C(F)F)cc1[N+](=O)[O-]. The van der Waals surface area contributed by atoms with Crippen LogP contribution < -0.4 is 4.74 Å². The van der Waals surface area contributed by atoms with Crippen molar-refractivity contribution in [3.8, 4) is 5.75 Å². The smallest absolute Gasteiger partial charge is 0.345 e. The van der Waals surface area contributed by atoms with Gasteiger partial charge in [-0.25, -0.2) is 13.6 Å². The summed E-state index contributed by atoms with van der Waals surface area (Å²) in [5, 5.41) is 10.8. The van der Waals surface area contributed by atoms with E-state index in [9.17, 15) is 28.1 Å². The van der Waals surface area contributed by atoms with Crippen molar-refractivity contribution in [1.82, 2.24) is 0 Å². The zero-order valence-electron chi connectivity index (χ0n) is 10.2. The molecule has 0 amide bonds. The van der Waals surface area contributed by atoms with E-state index in [1.807, 2.05) is 0 Å². The third-order valence-electron chi connectivity index (χ3n) is 2.11. The number of ether oxygens (including phenoxy) is 2. The van der Waals surface area contributed by atoms with E-state index in [1.165, 1.54) is 6.92 Å². The minimum atomic E-state index is -3.39. The molecule has 0 aliphatic rings. The summed E-state index contributed by atoms with van der Waals surface area (Å²) in [6.07, 6.45) is -6.30. The number of esters is 1. The highest BCUT2D eigenvalue weighted by Gasteiger charge is 2.25. The molecule has 110 valence electrons. The summed E-state index contributed by atoms with van der Waals surface area (Å²) < 4.78 is 45.4. The number of halogens is 3. The van der Waals surface area contributed by atoms with Crippen LogP contribution in [0.5, 0.6) is 5.75 Å². The largest absolute Gasteiger partial charge is 0.462 e. The number of hydrogen-bond donors (Lipinski definition) is 0. The van der Waals surface area contributed by atoms with Crippen molar-refractivity contribution in [3.05, 3.63) is 33.9 Å². The van der Waals surface area contributed by atoms with Crippen molar-refractivity contribution in [2.45, 2.75) is 19.7 Å². The number of alkyl halides is 3. The predicted octanol–water partition coefficient (Wildman–Crippen LogP) is 2.71. The van der Waals surface area contributed by atoms with Crippen LogP contribution in [0.25, 0.3) is 0 Å². The van der Waals surface area contributed by atoms with Crippen LogP contribution in [-0.2, 0) is 4.74 Å². The van der Waals surface area contributed by atoms with Crippen molar-refractivity contribution in [2.24, 2.45) is 0 Å². The van der Waals surface area contributed by atoms with Crippen LogP contribution in [0.2, 0.25) is 0 Å². The average molecular weight is 293 g/mol. The first-order chi connectivity index (χ1) is 9.36. The van der Waals surface area contributed by atoms with E-state index in [0.29, 0.717) is 6.07 Å². The maximum absolute atomic E-state index is 12.7. The molecule has 1 rings (SSSR count). The molecule has 1 aromatic carbocycles. The highest BCUT2D eigenvalue weighted by atomic mass is 19.3. The summed E-state index contributed by atoms with van der Waals surface area (Å²) in [6.45, 7) is 1.52. The monoisotopic (exact) mass is 293 g/mol. The Bertz CT molecular complexity index is 509. The third kappa shape index (κ3) is 3.84. The molecule has 1 unspecified atom stereocenters. The Balaban J connectivity index is 3.07. The van der Waals surface area contributed by atoms with E-state index in [1.54, 1.807) is 0 Å². The second-order valence-corrected chi connectivity index (χ2v) is 3.46. The first-order valence-electron chi connectivity index (χ1n) is 5.41. The molecule has 0 spiro atoms. The van der Waals surface area contributed by atoms with Crippen LogP contribution in [0.4, 0.5) is 18.9 Å². The molecule has 0 aromatic heterocycles. The first kappa shape index (κ1) is 15.7. The van der Waals surface area contributed by atoms with Crippen LogP contribution in [0.3, 0.4) is 0 Å². The molecule has 0 saturated heterocycles. The summed E-state index contributed by atoms with van der Waals surface area (Å²) in [7, 11) is 0. The second kappa shape index (κ2) is 6.73. The van der Waals surface area contributed by atoms with E-state index < -0.39 is 35.1 Å². The fraction of sp³-hybridized carbons (Fsp3) is 0.364. The predicted molar refractivity (Wildman–Crippen MR) is 60.6 cm³/mol. The van der Waals surface area contributed by atoms with Crippen LogP contribution in [0, 0.1) is 10.1 Å². The highest BCUT2D eigenvalue weighted by Crippen LogP contribution is 2.27. The summed E-state index contributed by atoms with van der Waals surface area (Å²) in [5.41, 5.74) is -1.10. The van der Waals surface area contributed by atoms with Crippen LogP contribution in [0.1, 0.15) is 17.3 Å². The minimum absolute atomic E-state index is 0.00613. The number of carbonyl (C=O) groups excluding carboxylic acids is 1. The second-order valence-electron chi connectivity index (χ2n) is 3.46. The summed E-state index contributed by atoms with van der Waals surface area (Å²) in [5.74, 6) is -1.44. The van der Waals surface area contributed by atoms with Crippen molar-refractivity contribution in [3.63, 3.8) is 0 Å². The van der Waals surface area contributed by atoms with Gasteiger partial charge in [-0.05, 0) is 19.1 Å². The Morgan fingerprint density at radius 3 is 2.55 bits per heavy atom. The highest BCUT2D eigenvalue weighted by molar-refractivity contribution is 5.94. The Morgan fingerprint density at radius 2 is 2.05 bits per heavy atom. The lowest BCUT2D eigenvalue weighted by Gasteiger charge is -2.11. The molecule has 0 aliphatic carbocycles. The van der Waals surface area contributed by atoms with Gasteiger partial charge in [0.05, 0.1) is 17.6 Å². The van der Waals surface area contributed by atoms with E-state index in [2.05, 4.69) is 9.47 Å². The molecular weight excluding hydrogens is 283 g/mol. The molecule has 0 radical (unpaired) electrons. The van der Waals surface area contributed by atoms with Gasteiger partial charge in [-0.2, -0.15) is 4.39 Å². The average Bonchev–Trinajstić information content (AvgIpc) is 2.38. The van der Waals surface area contributed by atoms with Gasteiger partial charge in [-0.15, -0.1) is 0 Å². The molecule has 0 fully saturated rings. The van der Waals surface area contributed by atoms with Crippen molar-refractivity contribution < 1.29 is 32.4 Å². The minimum Gasteiger partial charge on any atom is -0.462 e. The van der Waals surface area contributed by atoms with Gasteiger partial charge < -0.3 is 9.47 Å². The maximum Gasteiger partial charge on any atom is 0.345 e. The Morgan fingerprint density at radius 1 is 1.40 bits per heavy atom. The molecule has 0 N–H and O–H groups in total. The van der Waals surface area contributed by atoms with E-state index in [4.69, 9.17) is 0 Å². The lowest BCUT2D eigenvalue weighted by atomic mass is 10.1. The van der Waals surface area contributed by atoms with Gasteiger partial charge in [0.2, 0.25) is 0 Å². The zero-order valence-corrected chi connectivity index (χ0v) is 10.2. The lowest BCUT2D eigenvalue weighted by molar-refractivity contribution is -0.385. The molecule has 0 saturated carbocycles. The van der Waals surface area contributed by atoms with Gasteiger partial charge in [0.25, 0.3) is 12.0 Å². The number of carbonyl (C=O) groups is 1. The number of nitro groups is 1. The van der Waals surface area contributed by atoms with Crippen molar-refractivity contribution in [1.29, 1.82) is 0 Å². The van der Waals surface area contributed by atoms with Gasteiger partial charge in [0.15, 0.2) is 0 Å². The summed E-state index contributed by atoms with van der Waals surface area (Å²) in [6, 6.07) is 2.60. The standard InChI is InChI=1S/C11H10F3NO5/c1-2-19-11(16)7-4-3-6(5-8(7)15(17)18)20-10(14)9(12)13/h3-5,9-10H,2H2,1H3. The molecule has 20 heavy (non-hydrogen) atoms. The number of benzene rings is 1. The van der Waals surface area contributed by atoms with Gasteiger partial charge in [0, 0.05) is 0 Å². The molecule has 1 atom stereocenters. The third-order valence-corrected chi connectivity index (χ3v) is 2.11. The van der Waals surface area contributed by atoms with Crippen molar-refractivity contribution >= 4 is 11.7 Å². The Kier molecular flexibility index (Phi) is 5.30. The molecule has 0 heterocycles. The maximum atomic E-state index is 12.7. The molecule has 6 nitrogen and oxygen atoms in total. The number of nitrogens with zero attached hydrogens (tertiary/aromatic N) is 1. The topological polar surface area (TPSA) is 78.7 Å². The van der Waals surface area contributed by atoms with E-state index in [0.717, 1.165) is 12.1 Å². The van der Waals surface area contributed by atoms with Gasteiger partial charge in [-0.3, -0.25) is 10.1 Å². The van der Waals surface area contributed by atoms with Gasteiger partial charge >= 0.3 is 12.4 Å². The lowest BCUT2D eigenvalue weighted by Crippen LogP contribution is -2.19. The molecule has 0 aliphatic heterocycles. The fourth-order valence-electron chi connectivity index (χ4n) is 1.30. The molecule has 0 bridgehead atoms. The van der Waals surface area contributed by atoms with E-state index >= 15 is 0 Å². The first-order valence-corrected chi connectivity index (χ1v) is 5.41. The van der Waals surface area contributed by atoms with E-state index in [-0.39, 0.29) is 12.2 Å². The summed E-state index contributed by atoms with van der Waals surface area (Å²) >= 11 is 0. The molecule has 1 aromatic rings. The number of rotatable bonds is 6. The van der Waals surface area contributed by atoms with Crippen LogP contribution >= 0.6 is 0 Å². The fourth-order valence-corrected chi connectivity index (χ4v) is 1.30. The Hall–Kier alpha value is -2.32. The van der Waals surface area contributed by atoms with Gasteiger partial charge in [0.1, 0.15) is 11.3 Å². The summed E-state index contributed by atoms with van der Waals surface area (Å²) in [4.78, 5) is 21.3. The normalized spacial score (nSPS) is 12.1. The quantitative estimate of drug-likeness (QED) is 0.458. The van der Waals surface area contributed by atoms with Crippen LogP contribution in [0.15, 0.2) is 18.2 Å². The molecular formula is C11H10F3NO5. The number of nitro benzene ring substituents is 1. The number of hydrogen-bond acceptors (Lipinski definition) is 5. The Labute approximate surface area is 111 Å².